The Hall–Kier alpha value is -4.01. The smallest absolute Gasteiger partial charge is 0.343 e. The normalized spacial score (nSPS) is 10.3. The molecule has 0 aliphatic rings. The summed E-state index contributed by atoms with van der Waals surface area (Å²) in [4.78, 5) is 35.6. The summed E-state index contributed by atoms with van der Waals surface area (Å²) in [6.45, 7) is 1.80. The third kappa shape index (κ3) is 3.73. The molecule has 28 heavy (non-hydrogen) atoms. The van der Waals surface area contributed by atoms with Gasteiger partial charge in [-0.25, -0.2) is 9.48 Å². The zero-order chi connectivity index (χ0) is 20.1. The van der Waals surface area contributed by atoms with Crippen LogP contribution in [0.2, 0.25) is 0 Å². The topological polar surface area (TPSA) is 116 Å². The molecule has 0 spiro atoms. The van der Waals surface area contributed by atoms with Crippen molar-refractivity contribution in [2.75, 3.05) is 11.9 Å². The van der Waals surface area contributed by atoms with E-state index in [2.05, 4.69) is 10.4 Å². The Balaban J connectivity index is 2.05. The molecule has 0 saturated carbocycles. The molecule has 2 aromatic carbocycles. The van der Waals surface area contributed by atoms with E-state index in [1.165, 1.54) is 35.1 Å². The molecular formula is C19H16N4O5. The molecule has 0 aliphatic carbocycles. The van der Waals surface area contributed by atoms with Gasteiger partial charge >= 0.3 is 5.97 Å². The molecule has 0 fully saturated rings. The Morgan fingerprint density at radius 3 is 2.46 bits per heavy atom. The van der Waals surface area contributed by atoms with Crippen molar-refractivity contribution in [1.82, 2.24) is 9.78 Å². The van der Waals surface area contributed by atoms with Gasteiger partial charge in [-0.2, -0.15) is 5.10 Å². The Morgan fingerprint density at radius 1 is 1.11 bits per heavy atom. The van der Waals surface area contributed by atoms with Crippen LogP contribution >= 0.6 is 0 Å². The summed E-state index contributed by atoms with van der Waals surface area (Å²) < 4.78 is 6.38. The number of nitrogens with one attached hydrogen (secondary N) is 1. The van der Waals surface area contributed by atoms with Gasteiger partial charge in [-0.1, -0.05) is 30.3 Å². The first-order chi connectivity index (χ1) is 13.5. The number of hydrogen-bond donors (Lipinski definition) is 1. The quantitative estimate of drug-likeness (QED) is 0.399. The molecule has 1 aromatic heterocycles. The second-order valence-corrected chi connectivity index (χ2v) is 5.60. The lowest BCUT2D eigenvalue weighted by Gasteiger charge is -2.11. The first kappa shape index (κ1) is 18.8. The van der Waals surface area contributed by atoms with E-state index in [0.29, 0.717) is 5.69 Å². The van der Waals surface area contributed by atoms with Crippen LogP contribution in [0.25, 0.3) is 5.69 Å². The third-order valence-electron chi connectivity index (χ3n) is 3.84. The van der Waals surface area contributed by atoms with Crippen LogP contribution in [-0.4, -0.2) is 33.2 Å². The zero-order valence-electron chi connectivity index (χ0n) is 14.9. The van der Waals surface area contributed by atoms with E-state index in [-0.39, 0.29) is 29.2 Å². The van der Waals surface area contributed by atoms with Crippen LogP contribution in [0.4, 0.5) is 11.5 Å². The number of benzene rings is 2. The second kappa shape index (κ2) is 8.12. The molecule has 0 aliphatic heterocycles. The van der Waals surface area contributed by atoms with E-state index in [1.807, 2.05) is 6.07 Å². The van der Waals surface area contributed by atoms with Gasteiger partial charge in [-0.15, -0.1) is 0 Å². The first-order valence-corrected chi connectivity index (χ1v) is 8.38. The van der Waals surface area contributed by atoms with Crippen molar-refractivity contribution < 1.29 is 19.2 Å². The second-order valence-electron chi connectivity index (χ2n) is 5.60. The third-order valence-corrected chi connectivity index (χ3v) is 3.84. The number of ether oxygens (including phenoxy) is 1. The van der Waals surface area contributed by atoms with E-state index in [0.717, 1.165) is 0 Å². The lowest BCUT2D eigenvalue weighted by atomic mass is 10.1. The molecule has 0 radical (unpaired) electrons. The number of nitrogens with zero attached hydrogens (tertiary/aromatic N) is 3. The number of anilines is 1. The fraction of sp³-hybridized carbons (Fsp3) is 0.105. The van der Waals surface area contributed by atoms with Gasteiger partial charge in [0, 0.05) is 6.07 Å². The highest BCUT2D eigenvalue weighted by molar-refractivity contribution is 6.09. The monoisotopic (exact) mass is 380 g/mol. The van der Waals surface area contributed by atoms with Gasteiger partial charge in [0.05, 0.1) is 23.4 Å². The number of carbonyl (C=O) groups is 2. The molecule has 3 rings (SSSR count). The van der Waals surface area contributed by atoms with E-state index in [9.17, 15) is 19.7 Å². The SMILES string of the molecule is CCOC(=O)c1cnn(-c2ccccc2)c1NC(=O)c1ccccc1[N+](=O)[O-]. The number of amides is 1. The van der Waals surface area contributed by atoms with Crippen molar-refractivity contribution >= 4 is 23.4 Å². The highest BCUT2D eigenvalue weighted by Crippen LogP contribution is 2.24. The fourth-order valence-corrected chi connectivity index (χ4v) is 2.59. The van der Waals surface area contributed by atoms with Crippen LogP contribution in [0.5, 0.6) is 0 Å². The number of nitro groups is 1. The van der Waals surface area contributed by atoms with Gasteiger partial charge < -0.3 is 10.1 Å². The van der Waals surface area contributed by atoms with Crippen LogP contribution < -0.4 is 5.32 Å². The van der Waals surface area contributed by atoms with E-state index in [4.69, 9.17) is 4.74 Å². The number of para-hydroxylation sites is 2. The number of aromatic nitrogens is 2. The summed E-state index contributed by atoms with van der Waals surface area (Å²) >= 11 is 0. The minimum absolute atomic E-state index is 0.0395. The van der Waals surface area contributed by atoms with Crippen LogP contribution in [0, 0.1) is 10.1 Å². The first-order valence-electron chi connectivity index (χ1n) is 8.38. The van der Waals surface area contributed by atoms with Crippen molar-refractivity contribution in [1.29, 1.82) is 0 Å². The lowest BCUT2D eigenvalue weighted by molar-refractivity contribution is -0.385. The fourth-order valence-electron chi connectivity index (χ4n) is 2.59. The predicted molar refractivity (Wildman–Crippen MR) is 101 cm³/mol. The molecule has 0 bridgehead atoms. The standard InChI is InChI=1S/C19H16N4O5/c1-2-28-19(25)15-12-20-22(13-8-4-3-5-9-13)17(15)21-18(24)14-10-6-7-11-16(14)23(26)27/h3-12H,2H2,1H3,(H,21,24). The van der Waals surface area contributed by atoms with Gasteiger partial charge in [0.25, 0.3) is 11.6 Å². The summed E-state index contributed by atoms with van der Waals surface area (Å²) in [7, 11) is 0. The van der Waals surface area contributed by atoms with Gasteiger partial charge in [-0.3, -0.25) is 14.9 Å². The minimum Gasteiger partial charge on any atom is -0.462 e. The van der Waals surface area contributed by atoms with E-state index < -0.39 is 16.8 Å². The number of esters is 1. The van der Waals surface area contributed by atoms with Crippen molar-refractivity contribution in [3.8, 4) is 5.69 Å². The average Bonchev–Trinajstić information content (AvgIpc) is 3.12. The Labute approximate surface area is 159 Å². The minimum atomic E-state index is -0.740. The molecule has 3 aromatic rings. The van der Waals surface area contributed by atoms with Crippen molar-refractivity contribution in [3.63, 3.8) is 0 Å². The number of rotatable bonds is 6. The highest BCUT2D eigenvalue weighted by atomic mass is 16.6. The predicted octanol–water partition coefficient (Wildman–Crippen LogP) is 3.21. The summed E-state index contributed by atoms with van der Waals surface area (Å²) in [6.07, 6.45) is 1.28. The maximum atomic E-state index is 12.7. The highest BCUT2D eigenvalue weighted by Gasteiger charge is 2.25. The Morgan fingerprint density at radius 2 is 1.79 bits per heavy atom. The Bertz CT molecular complexity index is 1030. The molecule has 9 heteroatoms. The van der Waals surface area contributed by atoms with E-state index in [1.54, 1.807) is 31.2 Å². The average molecular weight is 380 g/mol. The zero-order valence-corrected chi connectivity index (χ0v) is 14.9. The maximum Gasteiger partial charge on any atom is 0.343 e. The van der Waals surface area contributed by atoms with Gasteiger partial charge in [-0.05, 0) is 25.1 Å². The molecule has 1 amide bonds. The van der Waals surface area contributed by atoms with Crippen LogP contribution in [-0.2, 0) is 4.74 Å². The summed E-state index contributed by atoms with van der Waals surface area (Å²) in [5, 5.41) is 17.9. The molecular weight excluding hydrogens is 364 g/mol. The van der Waals surface area contributed by atoms with E-state index >= 15 is 0 Å². The molecule has 142 valence electrons. The van der Waals surface area contributed by atoms with Crippen LogP contribution in [0.15, 0.2) is 60.8 Å². The molecule has 0 unspecified atom stereocenters. The van der Waals surface area contributed by atoms with Crippen molar-refractivity contribution in [2.45, 2.75) is 6.92 Å². The Kier molecular flexibility index (Phi) is 5.45. The lowest BCUT2D eigenvalue weighted by Crippen LogP contribution is -2.19. The molecule has 9 nitrogen and oxygen atoms in total. The van der Waals surface area contributed by atoms with Crippen molar-refractivity contribution in [2.24, 2.45) is 0 Å². The van der Waals surface area contributed by atoms with Gasteiger partial charge in [0.15, 0.2) is 5.82 Å². The maximum absolute atomic E-state index is 12.7. The molecule has 0 atom stereocenters. The summed E-state index contributed by atoms with van der Waals surface area (Å²) in [5.41, 5.74) is 0.153. The molecule has 1 N–H and O–H groups in total. The molecule has 1 heterocycles. The number of hydrogen-bond acceptors (Lipinski definition) is 6. The van der Waals surface area contributed by atoms with Crippen molar-refractivity contribution in [3.05, 3.63) is 82.0 Å². The number of nitro benzene ring substituents is 1. The van der Waals surface area contributed by atoms with Crippen LogP contribution in [0.1, 0.15) is 27.6 Å². The summed E-state index contributed by atoms with van der Waals surface area (Å²) in [6, 6.07) is 14.4. The van der Waals surface area contributed by atoms with Gasteiger partial charge in [0.1, 0.15) is 11.1 Å². The van der Waals surface area contributed by atoms with Gasteiger partial charge in [0.2, 0.25) is 0 Å². The summed E-state index contributed by atoms with van der Waals surface area (Å²) in [5.74, 6) is -1.34. The van der Waals surface area contributed by atoms with Crippen LogP contribution in [0.3, 0.4) is 0 Å². The largest absolute Gasteiger partial charge is 0.462 e. The molecule has 0 saturated heterocycles. The number of carbonyl (C=O) groups excluding carboxylic acids is 2.